The van der Waals surface area contributed by atoms with Gasteiger partial charge in [-0.3, -0.25) is 10.1 Å². The highest BCUT2D eigenvalue weighted by molar-refractivity contribution is 7.15. The van der Waals surface area contributed by atoms with E-state index in [1.54, 1.807) is 13.8 Å². The molecule has 0 radical (unpaired) electrons. The second kappa shape index (κ2) is 5.78. The summed E-state index contributed by atoms with van der Waals surface area (Å²) >= 11 is 1.50. The molecule has 0 saturated heterocycles. The molecule has 0 saturated carbocycles. The summed E-state index contributed by atoms with van der Waals surface area (Å²) in [5.41, 5.74) is 0.0989. The number of aliphatic carboxylic acids is 1. The summed E-state index contributed by atoms with van der Waals surface area (Å²) in [5.74, 6) is -0.942. The predicted octanol–water partition coefficient (Wildman–Crippen LogP) is 2.25. The van der Waals surface area contributed by atoms with E-state index in [4.69, 9.17) is 5.11 Å². The zero-order valence-electron chi connectivity index (χ0n) is 11.7. The monoisotopic (exact) mass is 297 g/mol. The molecule has 6 nitrogen and oxygen atoms in total. The van der Waals surface area contributed by atoms with Crippen molar-refractivity contribution in [3.8, 4) is 0 Å². The van der Waals surface area contributed by atoms with Crippen molar-refractivity contribution in [2.45, 2.75) is 39.5 Å². The van der Waals surface area contributed by atoms with Gasteiger partial charge in [0.05, 0.1) is 11.1 Å². The number of carbonyl (C=O) groups is 2. The molecule has 1 heterocycles. The zero-order valence-corrected chi connectivity index (χ0v) is 12.5. The molecule has 20 heavy (non-hydrogen) atoms. The maximum Gasteiger partial charge on any atom is 0.321 e. The lowest BCUT2D eigenvalue weighted by molar-refractivity contribution is -0.146. The van der Waals surface area contributed by atoms with Gasteiger partial charge in [-0.15, -0.1) is 11.3 Å². The Morgan fingerprint density at radius 1 is 1.35 bits per heavy atom. The number of aromatic nitrogens is 1. The zero-order chi connectivity index (χ0) is 14.8. The van der Waals surface area contributed by atoms with Gasteiger partial charge >= 0.3 is 12.0 Å². The van der Waals surface area contributed by atoms with Crippen molar-refractivity contribution in [2.75, 3.05) is 11.9 Å². The summed E-state index contributed by atoms with van der Waals surface area (Å²) in [5, 5.41) is 14.8. The Bertz CT molecular complexity index is 501. The van der Waals surface area contributed by atoms with E-state index in [9.17, 15) is 9.59 Å². The number of carboxylic acids is 1. The number of rotatable bonds is 4. The average molecular weight is 297 g/mol. The number of urea groups is 1. The molecule has 0 spiro atoms. The van der Waals surface area contributed by atoms with Crippen LogP contribution < -0.4 is 10.6 Å². The number of carbonyl (C=O) groups excluding carboxylic acids is 1. The van der Waals surface area contributed by atoms with Crippen molar-refractivity contribution >= 4 is 28.5 Å². The van der Waals surface area contributed by atoms with Crippen LogP contribution in [0.1, 0.15) is 37.3 Å². The van der Waals surface area contributed by atoms with Gasteiger partial charge < -0.3 is 10.4 Å². The van der Waals surface area contributed by atoms with Gasteiger partial charge in [0.2, 0.25) is 0 Å². The Morgan fingerprint density at radius 3 is 2.70 bits per heavy atom. The fourth-order valence-electron chi connectivity index (χ4n) is 1.92. The van der Waals surface area contributed by atoms with E-state index in [2.05, 4.69) is 15.6 Å². The topological polar surface area (TPSA) is 91.3 Å². The lowest BCUT2D eigenvalue weighted by atomic mass is 9.94. The lowest BCUT2D eigenvalue weighted by Crippen LogP contribution is -2.40. The Balaban J connectivity index is 1.88. The molecule has 3 N–H and O–H groups in total. The molecule has 0 unspecified atom stereocenters. The van der Waals surface area contributed by atoms with Crippen molar-refractivity contribution in [1.29, 1.82) is 0 Å². The number of carboxylic acid groups (broad SMARTS) is 1. The van der Waals surface area contributed by atoms with E-state index in [1.807, 2.05) is 0 Å². The maximum absolute atomic E-state index is 11.7. The smallest absolute Gasteiger partial charge is 0.321 e. The molecule has 0 aliphatic heterocycles. The van der Waals surface area contributed by atoms with Gasteiger partial charge in [-0.05, 0) is 39.5 Å². The molecule has 1 aliphatic carbocycles. The Labute approximate surface area is 121 Å². The highest BCUT2D eigenvalue weighted by Crippen LogP contribution is 2.29. The minimum absolute atomic E-state index is 0.0687. The molecule has 0 aromatic carbocycles. The van der Waals surface area contributed by atoms with Crippen LogP contribution in [0.2, 0.25) is 0 Å². The molecule has 0 bridgehead atoms. The van der Waals surface area contributed by atoms with Crippen molar-refractivity contribution in [3.05, 3.63) is 10.6 Å². The van der Waals surface area contributed by atoms with E-state index in [0.717, 1.165) is 25.0 Å². The molecule has 110 valence electrons. The molecule has 1 aromatic rings. The van der Waals surface area contributed by atoms with E-state index >= 15 is 0 Å². The van der Waals surface area contributed by atoms with Crippen molar-refractivity contribution in [3.63, 3.8) is 0 Å². The molecule has 7 heteroatoms. The first-order valence-corrected chi connectivity index (χ1v) is 7.47. The van der Waals surface area contributed by atoms with Gasteiger partial charge in [0, 0.05) is 11.4 Å². The second-order valence-electron chi connectivity index (χ2n) is 5.59. The normalized spacial score (nSPS) is 14.5. The Kier molecular flexibility index (Phi) is 4.27. The van der Waals surface area contributed by atoms with Crippen LogP contribution in [0, 0.1) is 5.41 Å². The first-order valence-electron chi connectivity index (χ1n) is 6.65. The fourth-order valence-corrected chi connectivity index (χ4v) is 2.97. The minimum atomic E-state index is -0.987. The van der Waals surface area contributed by atoms with Crippen LogP contribution in [-0.4, -0.2) is 28.6 Å². The number of nitrogens with zero attached hydrogens (tertiary/aromatic N) is 1. The van der Waals surface area contributed by atoms with Crippen molar-refractivity contribution < 1.29 is 14.7 Å². The first-order chi connectivity index (χ1) is 9.38. The van der Waals surface area contributed by atoms with Crippen LogP contribution in [0.3, 0.4) is 0 Å². The van der Waals surface area contributed by atoms with E-state index < -0.39 is 17.4 Å². The standard InChI is InChI=1S/C13H19N3O3S/c1-13(2,10(17)18)7-14-11(19)16-12-15-8-5-3-4-6-9(8)20-12/h3-7H2,1-2H3,(H,17,18)(H2,14,15,16,19). The third-order valence-electron chi connectivity index (χ3n) is 3.34. The van der Waals surface area contributed by atoms with Crippen LogP contribution in [0.4, 0.5) is 9.93 Å². The van der Waals surface area contributed by atoms with Crippen LogP contribution in [0.15, 0.2) is 0 Å². The molecule has 1 aromatic heterocycles. The Hall–Kier alpha value is -1.63. The van der Waals surface area contributed by atoms with Crippen LogP contribution >= 0.6 is 11.3 Å². The minimum Gasteiger partial charge on any atom is -0.481 e. The molecule has 1 aliphatic rings. The quantitative estimate of drug-likeness (QED) is 0.795. The molecule has 0 fully saturated rings. The number of fused-ring (bicyclic) bond motifs is 1. The number of hydrogen-bond acceptors (Lipinski definition) is 4. The summed E-state index contributed by atoms with van der Waals surface area (Å²) in [6, 6.07) is -0.412. The lowest BCUT2D eigenvalue weighted by Gasteiger charge is -2.19. The number of aryl methyl sites for hydroxylation is 2. The number of thiazole rings is 1. The number of anilines is 1. The third kappa shape index (κ3) is 3.47. The van der Waals surface area contributed by atoms with Gasteiger partial charge in [-0.2, -0.15) is 0 Å². The fraction of sp³-hybridized carbons (Fsp3) is 0.615. The van der Waals surface area contributed by atoms with Crippen molar-refractivity contribution in [2.24, 2.45) is 5.41 Å². The van der Waals surface area contributed by atoms with E-state index in [-0.39, 0.29) is 6.54 Å². The summed E-state index contributed by atoms with van der Waals surface area (Å²) in [6.07, 6.45) is 4.33. The summed E-state index contributed by atoms with van der Waals surface area (Å²) in [4.78, 5) is 28.3. The third-order valence-corrected chi connectivity index (χ3v) is 4.41. The van der Waals surface area contributed by atoms with E-state index in [0.29, 0.717) is 5.13 Å². The van der Waals surface area contributed by atoms with Gasteiger partial charge in [0.25, 0.3) is 0 Å². The van der Waals surface area contributed by atoms with Gasteiger partial charge in [-0.25, -0.2) is 9.78 Å². The maximum atomic E-state index is 11.7. The molecule has 2 rings (SSSR count). The summed E-state index contributed by atoms with van der Waals surface area (Å²) in [7, 11) is 0. The average Bonchev–Trinajstić information content (AvgIpc) is 2.78. The second-order valence-corrected chi connectivity index (χ2v) is 6.68. The highest BCUT2D eigenvalue weighted by Gasteiger charge is 2.27. The van der Waals surface area contributed by atoms with E-state index in [1.165, 1.54) is 22.6 Å². The number of hydrogen-bond donors (Lipinski definition) is 3. The number of amides is 2. The van der Waals surface area contributed by atoms with Crippen LogP contribution in [0.5, 0.6) is 0 Å². The first kappa shape index (κ1) is 14.8. The van der Waals surface area contributed by atoms with Gasteiger partial charge in [-0.1, -0.05) is 0 Å². The van der Waals surface area contributed by atoms with Crippen LogP contribution in [-0.2, 0) is 17.6 Å². The SMILES string of the molecule is CC(C)(CNC(=O)Nc1nc2c(s1)CCCC2)C(=O)O. The summed E-state index contributed by atoms with van der Waals surface area (Å²) in [6.45, 7) is 3.20. The summed E-state index contributed by atoms with van der Waals surface area (Å²) < 4.78 is 0. The number of nitrogens with one attached hydrogen (secondary N) is 2. The largest absolute Gasteiger partial charge is 0.481 e. The Morgan fingerprint density at radius 2 is 2.05 bits per heavy atom. The van der Waals surface area contributed by atoms with Gasteiger partial charge in [0.1, 0.15) is 0 Å². The molecular formula is C13H19N3O3S. The van der Waals surface area contributed by atoms with Crippen LogP contribution in [0.25, 0.3) is 0 Å². The predicted molar refractivity (Wildman–Crippen MR) is 77.2 cm³/mol. The highest BCUT2D eigenvalue weighted by atomic mass is 32.1. The van der Waals surface area contributed by atoms with Gasteiger partial charge in [0.15, 0.2) is 5.13 Å². The molecule has 0 atom stereocenters. The molecule has 2 amide bonds. The van der Waals surface area contributed by atoms with Crippen molar-refractivity contribution in [1.82, 2.24) is 10.3 Å². The molecular weight excluding hydrogens is 278 g/mol.